The molecule has 0 saturated heterocycles. The molecule has 0 heterocycles. The first-order valence-electron chi connectivity index (χ1n) is 6.99. The average Bonchev–Trinajstić information content (AvgIpc) is 2.62. The molecule has 0 spiro atoms. The normalized spacial score (nSPS) is 11.9. The van der Waals surface area contributed by atoms with Crippen molar-refractivity contribution in [3.05, 3.63) is 78.9 Å². The first kappa shape index (κ1) is 14.5. The predicted molar refractivity (Wildman–Crippen MR) is 89.5 cm³/mol. The zero-order chi connectivity index (χ0) is 15.4. The molecule has 0 N–H and O–H groups in total. The van der Waals surface area contributed by atoms with Gasteiger partial charge in [-0.25, -0.2) is 4.21 Å². The number of methoxy groups -OCH3 is 1. The van der Waals surface area contributed by atoms with Crippen LogP contribution in [0, 0.1) is 0 Å². The van der Waals surface area contributed by atoms with Crippen molar-refractivity contribution in [2.45, 2.75) is 9.79 Å². The van der Waals surface area contributed by atoms with Crippen molar-refractivity contribution < 1.29 is 8.95 Å². The van der Waals surface area contributed by atoms with Gasteiger partial charge in [0.15, 0.2) is 0 Å². The quantitative estimate of drug-likeness (QED) is 0.708. The van der Waals surface area contributed by atoms with E-state index in [1.54, 1.807) is 13.2 Å². The van der Waals surface area contributed by atoms with E-state index in [2.05, 4.69) is 12.1 Å². The van der Waals surface area contributed by atoms with Gasteiger partial charge in [0.05, 0.1) is 17.9 Å². The van der Waals surface area contributed by atoms with Crippen LogP contribution in [0.15, 0.2) is 88.7 Å². The minimum atomic E-state index is -1.20. The molecule has 0 aliphatic rings. The van der Waals surface area contributed by atoms with Gasteiger partial charge in [-0.1, -0.05) is 48.5 Å². The molecule has 0 fully saturated rings. The maximum atomic E-state index is 12.6. The molecular formula is C19H16O2S. The third-order valence-corrected chi connectivity index (χ3v) is 4.81. The lowest BCUT2D eigenvalue weighted by molar-refractivity contribution is 0.413. The number of benzene rings is 3. The highest BCUT2D eigenvalue weighted by Gasteiger charge is 2.08. The molecular weight excluding hydrogens is 292 g/mol. The summed E-state index contributed by atoms with van der Waals surface area (Å²) in [6, 6.07) is 25.3. The molecule has 0 bridgehead atoms. The van der Waals surface area contributed by atoms with E-state index in [-0.39, 0.29) is 0 Å². The summed E-state index contributed by atoms with van der Waals surface area (Å²) >= 11 is 0. The topological polar surface area (TPSA) is 26.3 Å². The lowest BCUT2D eigenvalue weighted by atomic mass is 10.1. The second-order valence-corrected chi connectivity index (χ2v) is 6.32. The van der Waals surface area contributed by atoms with Crippen LogP contribution in [0.1, 0.15) is 0 Å². The van der Waals surface area contributed by atoms with Gasteiger partial charge in [-0.2, -0.15) is 0 Å². The van der Waals surface area contributed by atoms with Crippen LogP contribution in [0.2, 0.25) is 0 Å². The fourth-order valence-corrected chi connectivity index (χ4v) is 3.33. The minimum Gasteiger partial charge on any atom is -0.497 e. The van der Waals surface area contributed by atoms with E-state index in [0.717, 1.165) is 20.9 Å². The lowest BCUT2D eigenvalue weighted by Crippen LogP contribution is -1.94. The van der Waals surface area contributed by atoms with Crippen molar-refractivity contribution in [1.29, 1.82) is 0 Å². The summed E-state index contributed by atoms with van der Waals surface area (Å²) in [5.41, 5.74) is 2.27. The number of ether oxygens (including phenoxy) is 1. The maximum absolute atomic E-state index is 12.6. The first-order valence-corrected chi connectivity index (χ1v) is 8.14. The van der Waals surface area contributed by atoms with Gasteiger partial charge in [0.1, 0.15) is 5.75 Å². The summed E-state index contributed by atoms with van der Waals surface area (Å²) in [5.74, 6) is 0.715. The first-order chi connectivity index (χ1) is 10.8. The standard InChI is InChI=1S/C19H16O2S/c1-21-17-8-5-9-19(14-17)22(20)18-12-10-16(11-13-18)15-6-3-2-4-7-15/h2-14H,1H3. The molecule has 3 heteroatoms. The van der Waals surface area contributed by atoms with Crippen molar-refractivity contribution in [1.82, 2.24) is 0 Å². The van der Waals surface area contributed by atoms with E-state index >= 15 is 0 Å². The van der Waals surface area contributed by atoms with Crippen LogP contribution < -0.4 is 4.74 Å². The van der Waals surface area contributed by atoms with Crippen LogP contribution in [0.5, 0.6) is 5.75 Å². The van der Waals surface area contributed by atoms with Crippen LogP contribution in [0.25, 0.3) is 11.1 Å². The summed E-state index contributed by atoms with van der Waals surface area (Å²) in [4.78, 5) is 1.53. The Kier molecular flexibility index (Phi) is 4.35. The summed E-state index contributed by atoms with van der Waals surface area (Å²) in [7, 11) is 0.404. The second kappa shape index (κ2) is 6.58. The maximum Gasteiger partial charge on any atom is 0.120 e. The zero-order valence-corrected chi connectivity index (χ0v) is 13.0. The largest absolute Gasteiger partial charge is 0.497 e. The molecule has 3 aromatic rings. The van der Waals surface area contributed by atoms with Crippen LogP contribution in [-0.2, 0) is 10.8 Å². The molecule has 1 unspecified atom stereocenters. The Morgan fingerprint density at radius 3 is 2.09 bits per heavy atom. The van der Waals surface area contributed by atoms with Gasteiger partial charge in [-0.05, 0) is 41.5 Å². The van der Waals surface area contributed by atoms with Crippen LogP contribution >= 0.6 is 0 Å². The van der Waals surface area contributed by atoms with E-state index < -0.39 is 10.8 Å². The Morgan fingerprint density at radius 2 is 1.41 bits per heavy atom. The molecule has 0 saturated carbocycles. The molecule has 0 aliphatic carbocycles. The Labute approximate surface area is 132 Å². The highest BCUT2D eigenvalue weighted by Crippen LogP contribution is 2.24. The fraction of sp³-hybridized carbons (Fsp3) is 0.0526. The Balaban J connectivity index is 1.87. The summed E-state index contributed by atoms with van der Waals surface area (Å²) in [5, 5.41) is 0. The van der Waals surface area contributed by atoms with Crippen LogP contribution in [-0.4, -0.2) is 11.3 Å². The molecule has 2 nitrogen and oxygen atoms in total. The Hall–Kier alpha value is -2.39. The van der Waals surface area contributed by atoms with Crippen molar-refractivity contribution in [3.8, 4) is 16.9 Å². The van der Waals surface area contributed by atoms with E-state index in [4.69, 9.17) is 4.74 Å². The van der Waals surface area contributed by atoms with Crippen molar-refractivity contribution >= 4 is 10.8 Å². The van der Waals surface area contributed by atoms with Gasteiger partial charge in [0.2, 0.25) is 0 Å². The predicted octanol–water partition coefficient (Wildman–Crippen LogP) is 4.53. The summed E-state index contributed by atoms with van der Waals surface area (Å²) in [6.45, 7) is 0. The van der Waals surface area contributed by atoms with Crippen molar-refractivity contribution in [2.75, 3.05) is 7.11 Å². The SMILES string of the molecule is COc1cccc(S(=O)c2ccc(-c3ccccc3)cc2)c1. The van der Waals surface area contributed by atoms with E-state index in [9.17, 15) is 4.21 Å². The van der Waals surface area contributed by atoms with Gasteiger partial charge in [-0.3, -0.25) is 0 Å². The molecule has 0 amide bonds. The highest BCUT2D eigenvalue weighted by molar-refractivity contribution is 7.85. The minimum absolute atomic E-state index is 0.715. The molecule has 22 heavy (non-hydrogen) atoms. The van der Waals surface area contributed by atoms with Gasteiger partial charge in [0.25, 0.3) is 0 Å². The Morgan fingerprint density at radius 1 is 0.727 bits per heavy atom. The van der Waals surface area contributed by atoms with E-state index in [0.29, 0.717) is 5.75 Å². The van der Waals surface area contributed by atoms with Crippen LogP contribution in [0.3, 0.4) is 0 Å². The fourth-order valence-electron chi connectivity index (χ4n) is 2.25. The van der Waals surface area contributed by atoms with Gasteiger partial charge < -0.3 is 4.74 Å². The number of hydrogen-bond donors (Lipinski definition) is 0. The molecule has 3 aromatic carbocycles. The van der Waals surface area contributed by atoms with Gasteiger partial charge >= 0.3 is 0 Å². The van der Waals surface area contributed by atoms with Crippen molar-refractivity contribution in [2.24, 2.45) is 0 Å². The third-order valence-electron chi connectivity index (χ3n) is 3.43. The van der Waals surface area contributed by atoms with E-state index in [1.807, 2.05) is 60.7 Å². The second-order valence-electron chi connectivity index (χ2n) is 4.84. The number of rotatable bonds is 4. The monoisotopic (exact) mass is 308 g/mol. The number of hydrogen-bond acceptors (Lipinski definition) is 2. The molecule has 3 rings (SSSR count). The van der Waals surface area contributed by atoms with E-state index in [1.165, 1.54) is 0 Å². The molecule has 0 radical (unpaired) electrons. The van der Waals surface area contributed by atoms with Gasteiger partial charge in [-0.15, -0.1) is 0 Å². The van der Waals surface area contributed by atoms with Crippen molar-refractivity contribution in [3.63, 3.8) is 0 Å². The molecule has 110 valence electrons. The van der Waals surface area contributed by atoms with Crippen LogP contribution in [0.4, 0.5) is 0 Å². The highest BCUT2D eigenvalue weighted by atomic mass is 32.2. The summed E-state index contributed by atoms with van der Waals surface area (Å²) < 4.78 is 17.8. The lowest BCUT2D eigenvalue weighted by Gasteiger charge is -2.06. The van der Waals surface area contributed by atoms with Gasteiger partial charge in [0, 0.05) is 9.79 Å². The molecule has 0 aromatic heterocycles. The third kappa shape index (κ3) is 3.10. The molecule has 1 atom stereocenters. The zero-order valence-electron chi connectivity index (χ0n) is 12.2. The average molecular weight is 308 g/mol. The Bertz CT molecular complexity index is 780. The smallest absolute Gasteiger partial charge is 0.120 e. The molecule has 0 aliphatic heterocycles. The summed E-state index contributed by atoms with van der Waals surface area (Å²) in [6.07, 6.45) is 0.